The normalized spacial score (nSPS) is 13.1. The van der Waals surface area contributed by atoms with E-state index in [9.17, 15) is 9.59 Å². The quantitative estimate of drug-likeness (QED) is 0.776. The molecule has 0 atom stereocenters. The zero-order valence-electron chi connectivity index (χ0n) is 12.6. The maximum atomic E-state index is 12.0. The number of hydrogen-bond acceptors (Lipinski definition) is 3. The highest BCUT2D eigenvalue weighted by Crippen LogP contribution is 2.23. The lowest BCUT2D eigenvalue weighted by atomic mass is 9.99. The van der Waals surface area contributed by atoms with Gasteiger partial charge in [-0.15, -0.1) is 0 Å². The molecular formula is C16H15ClN4O3. The summed E-state index contributed by atoms with van der Waals surface area (Å²) in [5.74, 6) is 0. The molecule has 8 heteroatoms. The number of hydrogen-bond donors (Lipinski definition) is 3. The summed E-state index contributed by atoms with van der Waals surface area (Å²) in [6.45, 7) is 0.817. The van der Waals surface area contributed by atoms with Crippen LogP contribution in [-0.4, -0.2) is 33.7 Å². The first-order chi connectivity index (χ1) is 11.5. The molecule has 0 saturated heterocycles. The summed E-state index contributed by atoms with van der Waals surface area (Å²) in [5.41, 5.74) is 3.13. The first kappa shape index (κ1) is 16.1. The number of urea groups is 1. The van der Waals surface area contributed by atoms with Crippen molar-refractivity contribution in [3.63, 3.8) is 0 Å². The summed E-state index contributed by atoms with van der Waals surface area (Å²) >= 11 is 5.82. The van der Waals surface area contributed by atoms with Crippen LogP contribution in [0, 0.1) is 0 Å². The topological polar surface area (TPSA) is 94.6 Å². The van der Waals surface area contributed by atoms with Crippen LogP contribution in [0.2, 0.25) is 5.02 Å². The van der Waals surface area contributed by atoms with Gasteiger partial charge in [-0.05, 0) is 35.7 Å². The fourth-order valence-corrected chi connectivity index (χ4v) is 2.74. The van der Waals surface area contributed by atoms with Crippen molar-refractivity contribution < 1.29 is 14.7 Å². The fraction of sp³-hybridized carbons (Fsp3) is 0.188. The molecule has 124 valence electrons. The van der Waals surface area contributed by atoms with Crippen LogP contribution in [0.1, 0.15) is 11.1 Å². The Balaban J connectivity index is 1.66. The number of amides is 3. The summed E-state index contributed by atoms with van der Waals surface area (Å²) in [4.78, 5) is 28.3. The number of carbonyl (C=O) groups is 2. The van der Waals surface area contributed by atoms with E-state index in [0.29, 0.717) is 35.9 Å². The Morgan fingerprint density at radius 2 is 1.92 bits per heavy atom. The molecule has 3 rings (SSSR count). The predicted octanol–water partition coefficient (Wildman–Crippen LogP) is 3.42. The van der Waals surface area contributed by atoms with Crippen molar-refractivity contribution in [3.8, 4) is 0 Å². The Bertz CT molecular complexity index is 797. The molecule has 1 aromatic carbocycles. The average Bonchev–Trinajstić information content (AvgIpc) is 2.54. The highest BCUT2D eigenvalue weighted by atomic mass is 35.5. The van der Waals surface area contributed by atoms with Gasteiger partial charge < -0.3 is 20.6 Å². The molecule has 0 bridgehead atoms. The second-order valence-corrected chi connectivity index (χ2v) is 5.85. The summed E-state index contributed by atoms with van der Waals surface area (Å²) < 4.78 is 0. The molecule has 0 fully saturated rings. The van der Waals surface area contributed by atoms with E-state index in [1.807, 2.05) is 12.1 Å². The van der Waals surface area contributed by atoms with Crippen LogP contribution in [-0.2, 0) is 13.0 Å². The van der Waals surface area contributed by atoms with Gasteiger partial charge >= 0.3 is 12.1 Å². The second kappa shape index (κ2) is 6.76. The molecule has 1 aromatic heterocycles. The summed E-state index contributed by atoms with van der Waals surface area (Å²) in [6, 6.07) is 6.65. The van der Waals surface area contributed by atoms with Crippen molar-refractivity contribution in [1.82, 2.24) is 9.88 Å². The zero-order valence-corrected chi connectivity index (χ0v) is 13.4. The van der Waals surface area contributed by atoms with Gasteiger partial charge in [0.1, 0.15) is 0 Å². The number of carbonyl (C=O) groups excluding carboxylic acids is 1. The largest absolute Gasteiger partial charge is 0.465 e. The molecule has 3 N–H and O–H groups in total. The Morgan fingerprint density at radius 3 is 2.67 bits per heavy atom. The first-order valence-electron chi connectivity index (χ1n) is 7.29. The van der Waals surface area contributed by atoms with Gasteiger partial charge in [0.15, 0.2) is 0 Å². The van der Waals surface area contributed by atoms with Crippen LogP contribution in [0.5, 0.6) is 0 Å². The van der Waals surface area contributed by atoms with Crippen molar-refractivity contribution >= 4 is 35.1 Å². The van der Waals surface area contributed by atoms with Crippen molar-refractivity contribution in [3.05, 3.63) is 52.8 Å². The maximum absolute atomic E-state index is 12.0. The molecule has 3 amide bonds. The van der Waals surface area contributed by atoms with Crippen molar-refractivity contribution in [2.45, 2.75) is 13.0 Å². The Kier molecular flexibility index (Phi) is 4.52. The van der Waals surface area contributed by atoms with Gasteiger partial charge in [0, 0.05) is 25.0 Å². The van der Waals surface area contributed by atoms with Gasteiger partial charge in [-0.3, -0.25) is 4.98 Å². The Hall–Kier alpha value is -2.80. The highest BCUT2D eigenvalue weighted by Gasteiger charge is 2.20. The number of nitrogens with zero attached hydrogens (tertiary/aromatic N) is 2. The van der Waals surface area contributed by atoms with Gasteiger partial charge in [0.05, 0.1) is 16.9 Å². The Labute approximate surface area is 143 Å². The minimum atomic E-state index is -0.919. The van der Waals surface area contributed by atoms with E-state index in [1.54, 1.807) is 12.1 Å². The first-order valence-corrected chi connectivity index (χ1v) is 7.67. The van der Waals surface area contributed by atoms with E-state index in [4.69, 9.17) is 16.7 Å². The van der Waals surface area contributed by atoms with Crippen molar-refractivity contribution in [2.24, 2.45) is 0 Å². The van der Waals surface area contributed by atoms with Crippen molar-refractivity contribution in [1.29, 1.82) is 0 Å². The van der Waals surface area contributed by atoms with E-state index >= 15 is 0 Å². The average molecular weight is 347 g/mol. The molecule has 0 spiro atoms. The van der Waals surface area contributed by atoms with Crippen LogP contribution in [0.4, 0.5) is 21.0 Å². The number of halogens is 1. The smallest absolute Gasteiger partial charge is 0.407 e. The fourth-order valence-electron chi connectivity index (χ4n) is 2.57. The van der Waals surface area contributed by atoms with E-state index < -0.39 is 12.1 Å². The predicted molar refractivity (Wildman–Crippen MR) is 90.5 cm³/mol. The van der Waals surface area contributed by atoms with Crippen LogP contribution >= 0.6 is 11.6 Å². The lowest BCUT2D eigenvalue weighted by Crippen LogP contribution is -2.34. The summed E-state index contributed by atoms with van der Waals surface area (Å²) in [5, 5.41) is 14.9. The third-order valence-corrected chi connectivity index (χ3v) is 3.92. The molecule has 2 aromatic rings. The number of pyridine rings is 1. The SMILES string of the molecule is O=C(Nc1cncc(Cl)c1)Nc1ccc2c(c1)CCN(C(=O)O)C2. The number of fused-ring (bicyclic) bond motifs is 1. The third-order valence-electron chi connectivity index (χ3n) is 3.71. The molecule has 2 heterocycles. The summed E-state index contributed by atoms with van der Waals surface area (Å²) in [6.07, 6.45) is 2.68. The molecule has 0 aliphatic carbocycles. The van der Waals surface area contributed by atoms with Crippen LogP contribution < -0.4 is 10.6 Å². The minimum absolute atomic E-state index is 0.366. The molecule has 7 nitrogen and oxygen atoms in total. The molecule has 1 aliphatic rings. The van der Waals surface area contributed by atoms with Gasteiger partial charge in [-0.2, -0.15) is 0 Å². The van der Waals surface area contributed by atoms with E-state index in [1.165, 1.54) is 17.3 Å². The van der Waals surface area contributed by atoms with Crippen molar-refractivity contribution in [2.75, 3.05) is 17.2 Å². The van der Waals surface area contributed by atoms with E-state index in [-0.39, 0.29) is 0 Å². The van der Waals surface area contributed by atoms with Gasteiger partial charge in [0.25, 0.3) is 0 Å². The lowest BCUT2D eigenvalue weighted by Gasteiger charge is -2.26. The molecule has 24 heavy (non-hydrogen) atoms. The molecule has 0 saturated carbocycles. The van der Waals surface area contributed by atoms with Crippen LogP contribution in [0.3, 0.4) is 0 Å². The number of nitrogens with one attached hydrogen (secondary N) is 2. The number of anilines is 2. The molecule has 0 radical (unpaired) electrons. The standard InChI is InChI=1S/C16H15ClN4O3/c17-12-6-14(8-18-7-12)20-15(22)19-13-2-1-11-9-21(16(23)24)4-3-10(11)5-13/h1-2,5-8H,3-4,9H2,(H,23,24)(H2,19,20,22). The number of benzene rings is 1. The maximum Gasteiger partial charge on any atom is 0.407 e. The third kappa shape index (κ3) is 3.75. The van der Waals surface area contributed by atoms with Crippen LogP contribution in [0.15, 0.2) is 36.7 Å². The number of carboxylic acid groups (broad SMARTS) is 1. The lowest BCUT2D eigenvalue weighted by molar-refractivity contribution is 0.140. The van der Waals surface area contributed by atoms with E-state index in [0.717, 1.165) is 11.1 Å². The van der Waals surface area contributed by atoms with E-state index in [2.05, 4.69) is 15.6 Å². The number of rotatable bonds is 2. The Morgan fingerprint density at radius 1 is 1.12 bits per heavy atom. The monoisotopic (exact) mass is 346 g/mol. The van der Waals surface area contributed by atoms with Gasteiger partial charge in [-0.25, -0.2) is 9.59 Å². The van der Waals surface area contributed by atoms with Gasteiger partial charge in [-0.1, -0.05) is 17.7 Å². The summed E-state index contributed by atoms with van der Waals surface area (Å²) in [7, 11) is 0. The molecular weight excluding hydrogens is 332 g/mol. The zero-order chi connectivity index (χ0) is 17.1. The minimum Gasteiger partial charge on any atom is -0.465 e. The van der Waals surface area contributed by atoms with Gasteiger partial charge in [0.2, 0.25) is 0 Å². The molecule has 0 unspecified atom stereocenters. The molecule has 1 aliphatic heterocycles. The number of aromatic nitrogens is 1. The second-order valence-electron chi connectivity index (χ2n) is 5.41. The highest BCUT2D eigenvalue weighted by molar-refractivity contribution is 6.30. The van der Waals surface area contributed by atoms with Crippen LogP contribution in [0.25, 0.3) is 0 Å².